The topological polar surface area (TPSA) is 129 Å². The summed E-state index contributed by atoms with van der Waals surface area (Å²) in [6.07, 6.45) is 4.12. The molecule has 128 valence electrons. The van der Waals surface area contributed by atoms with E-state index in [1.807, 2.05) is 0 Å². The van der Waals surface area contributed by atoms with Crippen LogP contribution in [-0.2, 0) is 26.0 Å². The van der Waals surface area contributed by atoms with Crippen LogP contribution in [0.25, 0.3) is 0 Å². The van der Waals surface area contributed by atoms with Gasteiger partial charge in [-0.25, -0.2) is 13.2 Å². The summed E-state index contributed by atoms with van der Waals surface area (Å²) in [5.41, 5.74) is 3.58. The van der Waals surface area contributed by atoms with Crippen molar-refractivity contribution in [3.05, 3.63) is 30.1 Å². The molecule has 2 fully saturated rings. The van der Waals surface area contributed by atoms with E-state index in [2.05, 4.69) is 15.5 Å². The summed E-state index contributed by atoms with van der Waals surface area (Å²) in [6.45, 7) is 1.61. The Morgan fingerprint density at radius 2 is 2.21 bits per heavy atom. The van der Waals surface area contributed by atoms with Crippen LogP contribution in [0.15, 0.2) is 29.6 Å². The smallest absolute Gasteiger partial charge is 0.328 e. The van der Waals surface area contributed by atoms with Gasteiger partial charge in [-0.15, -0.1) is 0 Å². The summed E-state index contributed by atoms with van der Waals surface area (Å²) in [4.78, 5) is 28.0. The number of carboxylic acid groups (broad SMARTS) is 1. The van der Waals surface area contributed by atoms with Crippen LogP contribution < -0.4 is 5.43 Å². The van der Waals surface area contributed by atoms with Crippen molar-refractivity contribution in [3.8, 4) is 0 Å². The Morgan fingerprint density at radius 1 is 1.54 bits per heavy atom. The molecule has 0 bridgehead atoms. The van der Waals surface area contributed by atoms with Gasteiger partial charge in [0.15, 0.2) is 15.9 Å². The molecule has 0 saturated carbocycles. The standard InChI is InChI=1S/C14H16N4O5S/c1-14(8-17-16-7-9-2-4-15-5-3-9)12(13(20)21)18-10(19)6-11(18)24(14,22)23/h2-5,8,11-12,16H,6-7H2,1H3,(H,20,21)/b17-8+/t11-,12+,14+/m1/s1. The second-order valence-electron chi connectivity index (χ2n) is 5.88. The van der Waals surface area contributed by atoms with E-state index >= 15 is 0 Å². The molecular formula is C14H16N4O5S. The Bertz CT molecular complexity index is 810. The van der Waals surface area contributed by atoms with Gasteiger partial charge < -0.3 is 15.4 Å². The summed E-state index contributed by atoms with van der Waals surface area (Å²) in [5.74, 6) is -1.84. The molecule has 10 heteroatoms. The minimum absolute atomic E-state index is 0.181. The summed E-state index contributed by atoms with van der Waals surface area (Å²) < 4.78 is 23.5. The number of aliphatic carboxylic acids is 1. The molecule has 2 aliphatic rings. The number of amides is 1. The number of fused-ring (bicyclic) bond motifs is 1. The van der Waals surface area contributed by atoms with E-state index in [1.54, 1.807) is 24.5 Å². The van der Waals surface area contributed by atoms with Crippen LogP contribution in [0.2, 0.25) is 0 Å². The summed E-state index contributed by atoms with van der Waals surface area (Å²) >= 11 is 0. The van der Waals surface area contributed by atoms with E-state index in [0.29, 0.717) is 6.54 Å². The average molecular weight is 352 g/mol. The molecule has 0 aromatic carbocycles. The van der Waals surface area contributed by atoms with Gasteiger partial charge in [0.1, 0.15) is 10.1 Å². The second kappa shape index (κ2) is 5.55. The maximum Gasteiger partial charge on any atom is 0.328 e. The third-order valence-electron chi connectivity index (χ3n) is 4.42. The monoisotopic (exact) mass is 352 g/mol. The van der Waals surface area contributed by atoms with Crippen molar-refractivity contribution in [1.82, 2.24) is 15.3 Å². The number of hydrazone groups is 1. The molecule has 2 aliphatic heterocycles. The zero-order valence-corrected chi connectivity index (χ0v) is 13.6. The van der Waals surface area contributed by atoms with Crippen molar-refractivity contribution in [2.75, 3.05) is 0 Å². The van der Waals surface area contributed by atoms with Gasteiger partial charge in [0, 0.05) is 18.6 Å². The minimum Gasteiger partial charge on any atom is -0.480 e. The first-order valence-corrected chi connectivity index (χ1v) is 8.77. The number of β-lactam (4-membered cyclic amide) rings is 1. The van der Waals surface area contributed by atoms with Crippen LogP contribution in [0.5, 0.6) is 0 Å². The van der Waals surface area contributed by atoms with Crippen LogP contribution in [-0.4, -0.2) is 57.7 Å². The van der Waals surface area contributed by atoms with Crippen LogP contribution in [0.3, 0.4) is 0 Å². The van der Waals surface area contributed by atoms with Gasteiger partial charge >= 0.3 is 5.97 Å². The highest BCUT2D eigenvalue weighted by atomic mass is 32.2. The zero-order valence-electron chi connectivity index (χ0n) is 12.8. The molecule has 0 spiro atoms. The lowest BCUT2D eigenvalue weighted by Gasteiger charge is -2.35. The average Bonchev–Trinajstić information content (AvgIpc) is 2.67. The molecule has 9 nitrogen and oxygen atoms in total. The molecular weight excluding hydrogens is 336 g/mol. The van der Waals surface area contributed by atoms with Gasteiger partial charge in [0.2, 0.25) is 5.91 Å². The van der Waals surface area contributed by atoms with E-state index < -0.39 is 37.9 Å². The minimum atomic E-state index is -3.87. The number of hydrogen-bond donors (Lipinski definition) is 2. The molecule has 0 unspecified atom stereocenters. The summed E-state index contributed by atoms with van der Waals surface area (Å²) in [6, 6.07) is 2.06. The van der Waals surface area contributed by atoms with Gasteiger partial charge in [-0.1, -0.05) is 0 Å². The summed E-state index contributed by atoms with van der Waals surface area (Å²) in [5, 5.41) is 12.2. The van der Waals surface area contributed by atoms with Crippen LogP contribution in [0.1, 0.15) is 18.9 Å². The van der Waals surface area contributed by atoms with Crippen molar-refractivity contribution < 1.29 is 23.1 Å². The normalized spacial score (nSPS) is 30.9. The Labute approximate surface area is 138 Å². The van der Waals surface area contributed by atoms with Gasteiger partial charge in [-0.2, -0.15) is 5.10 Å². The molecule has 24 heavy (non-hydrogen) atoms. The highest BCUT2D eigenvalue weighted by Crippen LogP contribution is 2.45. The van der Waals surface area contributed by atoms with Crippen LogP contribution in [0, 0.1) is 0 Å². The number of carboxylic acids is 1. The molecule has 2 N–H and O–H groups in total. The molecule has 2 saturated heterocycles. The quantitative estimate of drug-likeness (QED) is 0.409. The summed E-state index contributed by atoms with van der Waals surface area (Å²) in [7, 11) is -3.87. The number of nitrogens with zero attached hydrogens (tertiary/aromatic N) is 3. The Morgan fingerprint density at radius 3 is 2.79 bits per heavy atom. The Hall–Kier alpha value is -2.49. The third kappa shape index (κ3) is 2.25. The van der Waals surface area contributed by atoms with Gasteiger partial charge in [0.25, 0.3) is 0 Å². The van der Waals surface area contributed by atoms with Gasteiger partial charge in [-0.05, 0) is 24.6 Å². The van der Waals surface area contributed by atoms with Crippen molar-refractivity contribution in [3.63, 3.8) is 0 Å². The van der Waals surface area contributed by atoms with Gasteiger partial charge in [-0.3, -0.25) is 9.78 Å². The fraction of sp³-hybridized carbons (Fsp3) is 0.429. The number of carbonyl (C=O) groups is 2. The van der Waals surface area contributed by atoms with Crippen molar-refractivity contribution in [2.24, 2.45) is 5.10 Å². The molecule has 3 atom stereocenters. The third-order valence-corrected chi connectivity index (χ3v) is 7.08. The van der Waals surface area contributed by atoms with E-state index in [9.17, 15) is 23.1 Å². The zero-order chi connectivity index (χ0) is 17.5. The number of hydrogen-bond acceptors (Lipinski definition) is 7. The SMILES string of the molecule is C[C@]1(/C=N/NCc2ccncc2)[C@H](C(=O)O)N2C(=O)C[C@H]2S1(=O)=O. The van der Waals surface area contributed by atoms with E-state index in [0.717, 1.165) is 16.7 Å². The first kappa shape index (κ1) is 16.4. The maximum absolute atomic E-state index is 12.6. The fourth-order valence-corrected chi connectivity index (χ4v) is 5.23. The first-order valence-electron chi connectivity index (χ1n) is 7.22. The first-order chi connectivity index (χ1) is 11.3. The molecule has 1 aromatic heterocycles. The predicted octanol–water partition coefficient (Wildman–Crippen LogP) is -0.644. The highest BCUT2D eigenvalue weighted by Gasteiger charge is 2.69. The lowest BCUT2D eigenvalue weighted by atomic mass is 9.97. The van der Waals surface area contributed by atoms with Crippen molar-refractivity contribution >= 4 is 27.9 Å². The molecule has 0 radical (unpaired) electrons. The Balaban J connectivity index is 1.82. The number of nitrogens with one attached hydrogen (secondary N) is 1. The second-order valence-corrected chi connectivity index (χ2v) is 8.39. The van der Waals surface area contributed by atoms with E-state index in [1.165, 1.54) is 6.92 Å². The number of aromatic nitrogens is 1. The maximum atomic E-state index is 12.6. The van der Waals surface area contributed by atoms with E-state index in [4.69, 9.17) is 0 Å². The molecule has 3 rings (SSSR count). The van der Waals surface area contributed by atoms with Crippen LogP contribution >= 0.6 is 0 Å². The van der Waals surface area contributed by atoms with Crippen molar-refractivity contribution in [2.45, 2.75) is 36.1 Å². The lowest BCUT2D eigenvalue weighted by Crippen LogP contribution is -2.57. The van der Waals surface area contributed by atoms with E-state index in [-0.39, 0.29) is 6.42 Å². The molecule has 1 aromatic rings. The predicted molar refractivity (Wildman–Crippen MR) is 83.6 cm³/mol. The highest BCUT2D eigenvalue weighted by molar-refractivity contribution is 7.94. The molecule has 1 amide bonds. The molecule has 3 heterocycles. The van der Waals surface area contributed by atoms with Gasteiger partial charge in [0.05, 0.1) is 13.0 Å². The van der Waals surface area contributed by atoms with Crippen LogP contribution in [0.4, 0.5) is 0 Å². The van der Waals surface area contributed by atoms with Crippen molar-refractivity contribution in [1.29, 1.82) is 0 Å². The number of pyridine rings is 1. The number of carbonyl (C=O) groups excluding carboxylic acids is 1. The Kier molecular flexibility index (Phi) is 3.78. The fourth-order valence-electron chi connectivity index (χ4n) is 3.02. The molecule has 0 aliphatic carbocycles. The number of rotatable bonds is 5. The largest absolute Gasteiger partial charge is 0.480 e. The number of sulfone groups is 1. The lowest BCUT2D eigenvalue weighted by molar-refractivity contribution is -0.156.